The molecule has 0 atom stereocenters. The third kappa shape index (κ3) is 2.86. The number of nitrogens with zero attached hydrogens (tertiary/aromatic N) is 1. The van der Waals surface area contributed by atoms with E-state index in [0.29, 0.717) is 26.1 Å². The van der Waals surface area contributed by atoms with Gasteiger partial charge in [-0.3, -0.25) is 9.59 Å². The topological polar surface area (TPSA) is 58.6 Å². The van der Waals surface area contributed by atoms with Crippen LogP contribution in [0.2, 0.25) is 0 Å². The monoisotopic (exact) mass is 294 g/mol. The van der Waals surface area contributed by atoms with E-state index in [9.17, 15) is 9.59 Å². The summed E-state index contributed by atoms with van der Waals surface area (Å²) in [6.07, 6.45) is 2.07. The lowest BCUT2D eigenvalue weighted by atomic mass is 9.90. The second kappa shape index (κ2) is 5.54. The molecule has 20 heavy (non-hydrogen) atoms. The van der Waals surface area contributed by atoms with E-state index in [0.717, 1.165) is 18.4 Å². The Kier molecular flexibility index (Phi) is 3.76. The Hall–Kier alpha value is -1.40. The molecule has 2 fully saturated rings. The summed E-state index contributed by atoms with van der Waals surface area (Å²) in [7, 11) is 0. The van der Waals surface area contributed by atoms with Gasteiger partial charge in [-0.25, -0.2) is 0 Å². The molecule has 5 nitrogen and oxygen atoms in total. The van der Waals surface area contributed by atoms with E-state index in [1.54, 1.807) is 11.3 Å². The summed E-state index contributed by atoms with van der Waals surface area (Å²) >= 11 is 1.62. The first-order chi connectivity index (χ1) is 9.67. The number of carbonyl (C=O) groups is 2. The zero-order valence-electron chi connectivity index (χ0n) is 11.3. The van der Waals surface area contributed by atoms with E-state index >= 15 is 0 Å². The molecule has 3 heterocycles. The molecule has 0 unspecified atom stereocenters. The zero-order valence-corrected chi connectivity index (χ0v) is 12.1. The first-order valence-electron chi connectivity index (χ1n) is 6.86. The Balaban J connectivity index is 1.53. The Labute approximate surface area is 121 Å². The lowest BCUT2D eigenvalue weighted by molar-refractivity contribution is -0.154. The van der Waals surface area contributed by atoms with Gasteiger partial charge >= 0.3 is 0 Å². The molecule has 1 aromatic heterocycles. The minimum absolute atomic E-state index is 0.0495. The minimum atomic E-state index is -0.257. The summed E-state index contributed by atoms with van der Waals surface area (Å²) in [4.78, 5) is 25.3. The van der Waals surface area contributed by atoms with Crippen LogP contribution in [0.4, 0.5) is 0 Å². The molecule has 108 valence electrons. The highest BCUT2D eigenvalue weighted by atomic mass is 32.1. The highest BCUT2D eigenvalue weighted by Gasteiger charge is 2.39. The van der Waals surface area contributed by atoms with Crippen LogP contribution in [0, 0.1) is 0 Å². The van der Waals surface area contributed by atoms with Crippen molar-refractivity contribution in [3.8, 4) is 0 Å². The molecule has 2 aliphatic heterocycles. The highest BCUT2D eigenvalue weighted by Crippen LogP contribution is 2.28. The number of nitrogens with one attached hydrogen (secondary N) is 1. The van der Waals surface area contributed by atoms with E-state index in [2.05, 4.69) is 5.32 Å². The maximum absolute atomic E-state index is 12.2. The molecule has 1 aromatic rings. The lowest BCUT2D eigenvalue weighted by Crippen LogP contribution is -2.58. The van der Waals surface area contributed by atoms with Gasteiger partial charge in [-0.2, -0.15) is 11.3 Å². The summed E-state index contributed by atoms with van der Waals surface area (Å²) in [6.45, 7) is 2.12. The van der Waals surface area contributed by atoms with Crippen LogP contribution >= 0.6 is 11.3 Å². The molecule has 2 saturated heterocycles. The van der Waals surface area contributed by atoms with Crippen molar-refractivity contribution >= 4 is 23.2 Å². The number of amides is 2. The number of morpholine rings is 1. The third-order valence-electron chi connectivity index (χ3n) is 4.08. The average Bonchev–Trinajstić information content (AvgIpc) is 2.96. The Morgan fingerprint density at radius 3 is 2.85 bits per heavy atom. The number of hydrogen-bond acceptors (Lipinski definition) is 4. The molecular formula is C14H18N2O3S. The first kappa shape index (κ1) is 13.6. The Bertz CT molecular complexity index is 481. The quantitative estimate of drug-likeness (QED) is 0.877. The van der Waals surface area contributed by atoms with E-state index in [-0.39, 0.29) is 24.0 Å². The van der Waals surface area contributed by atoms with Crippen LogP contribution in [-0.2, 0) is 20.7 Å². The molecule has 1 spiro atoms. The lowest BCUT2D eigenvalue weighted by Gasteiger charge is -2.43. The summed E-state index contributed by atoms with van der Waals surface area (Å²) < 4.78 is 5.70. The van der Waals surface area contributed by atoms with E-state index in [1.165, 1.54) is 0 Å². The van der Waals surface area contributed by atoms with Crippen molar-refractivity contribution in [2.75, 3.05) is 26.2 Å². The number of rotatable bonds is 2. The fourth-order valence-corrected chi connectivity index (χ4v) is 3.41. The molecule has 3 rings (SSSR count). The van der Waals surface area contributed by atoms with Crippen molar-refractivity contribution < 1.29 is 14.3 Å². The third-order valence-corrected chi connectivity index (χ3v) is 4.81. The Morgan fingerprint density at radius 2 is 2.25 bits per heavy atom. The van der Waals surface area contributed by atoms with Crippen LogP contribution in [0.1, 0.15) is 18.4 Å². The number of ether oxygens (including phenoxy) is 1. The summed E-state index contributed by atoms with van der Waals surface area (Å²) in [5.74, 6) is 0.129. The molecule has 0 bridgehead atoms. The molecule has 0 aromatic carbocycles. The van der Waals surface area contributed by atoms with E-state index in [1.807, 2.05) is 21.7 Å². The van der Waals surface area contributed by atoms with Crippen molar-refractivity contribution in [3.05, 3.63) is 22.4 Å². The van der Waals surface area contributed by atoms with Gasteiger partial charge in [0, 0.05) is 19.6 Å². The van der Waals surface area contributed by atoms with Crippen LogP contribution in [0.15, 0.2) is 16.8 Å². The van der Waals surface area contributed by atoms with Gasteiger partial charge in [-0.15, -0.1) is 0 Å². The molecule has 0 radical (unpaired) electrons. The van der Waals surface area contributed by atoms with Gasteiger partial charge < -0.3 is 15.0 Å². The van der Waals surface area contributed by atoms with Crippen LogP contribution in [0.25, 0.3) is 0 Å². The smallest absolute Gasteiger partial charge is 0.246 e. The standard InChI is InChI=1S/C14H18N2O3S/c17-12-8-19-14(10-15-12)2-4-16(5-3-14)13(18)7-11-1-6-20-9-11/h1,6,9H,2-5,7-8,10H2,(H,15,17). The predicted molar refractivity (Wildman–Crippen MR) is 75.5 cm³/mol. The van der Waals surface area contributed by atoms with Crippen LogP contribution in [0.5, 0.6) is 0 Å². The Morgan fingerprint density at radius 1 is 1.45 bits per heavy atom. The predicted octanol–water partition coefficient (Wildman–Crippen LogP) is 0.798. The molecule has 1 N–H and O–H groups in total. The highest BCUT2D eigenvalue weighted by molar-refractivity contribution is 7.07. The van der Waals surface area contributed by atoms with Gasteiger partial charge in [-0.05, 0) is 35.2 Å². The number of piperidine rings is 1. The van der Waals surface area contributed by atoms with Gasteiger partial charge in [0.25, 0.3) is 0 Å². The second-order valence-corrected chi connectivity index (χ2v) is 6.22. The van der Waals surface area contributed by atoms with Crippen LogP contribution in [-0.4, -0.2) is 48.6 Å². The van der Waals surface area contributed by atoms with Crippen molar-refractivity contribution in [1.29, 1.82) is 0 Å². The number of likely N-dealkylation sites (tertiary alicyclic amines) is 1. The largest absolute Gasteiger partial charge is 0.363 e. The first-order valence-corrected chi connectivity index (χ1v) is 7.81. The molecule has 2 amide bonds. The molecule has 6 heteroatoms. The number of carbonyl (C=O) groups excluding carboxylic acids is 2. The summed E-state index contributed by atoms with van der Waals surface area (Å²) in [5.41, 5.74) is 0.828. The number of hydrogen-bond donors (Lipinski definition) is 1. The van der Waals surface area contributed by atoms with Gasteiger partial charge in [0.15, 0.2) is 0 Å². The second-order valence-electron chi connectivity index (χ2n) is 5.44. The maximum Gasteiger partial charge on any atom is 0.246 e. The molecular weight excluding hydrogens is 276 g/mol. The summed E-state index contributed by atoms with van der Waals surface area (Å²) in [5, 5.41) is 6.87. The molecule has 0 saturated carbocycles. The van der Waals surface area contributed by atoms with Gasteiger partial charge in [-0.1, -0.05) is 0 Å². The van der Waals surface area contributed by atoms with Crippen molar-refractivity contribution in [3.63, 3.8) is 0 Å². The van der Waals surface area contributed by atoms with Crippen LogP contribution < -0.4 is 5.32 Å². The zero-order chi connectivity index (χ0) is 14.0. The average molecular weight is 294 g/mol. The minimum Gasteiger partial charge on any atom is -0.363 e. The van der Waals surface area contributed by atoms with E-state index in [4.69, 9.17) is 4.74 Å². The molecule has 2 aliphatic rings. The fraction of sp³-hybridized carbons (Fsp3) is 0.571. The van der Waals surface area contributed by atoms with Gasteiger partial charge in [0.2, 0.25) is 11.8 Å². The van der Waals surface area contributed by atoms with Crippen molar-refractivity contribution in [2.24, 2.45) is 0 Å². The fourth-order valence-electron chi connectivity index (χ4n) is 2.74. The van der Waals surface area contributed by atoms with E-state index < -0.39 is 0 Å². The van der Waals surface area contributed by atoms with Crippen molar-refractivity contribution in [1.82, 2.24) is 10.2 Å². The van der Waals surface area contributed by atoms with Gasteiger partial charge in [0.1, 0.15) is 6.61 Å². The van der Waals surface area contributed by atoms with Gasteiger partial charge in [0.05, 0.1) is 12.0 Å². The SMILES string of the molecule is O=C1COC2(CCN(C(=O)Cc3ccsc3)CC2)CN1. The molecule has 0 aliphatic carbocycles. The summed E-state index contributed by atoms with van der Waals surface area (Å²) in [6, 6.07) is 1.99. The maximum atomic E-state index is 12.2. The number of thiophene rings is 1. The van der Waals surface area contributed by atoms with Crippen LogP contribution in [0.3, 0.4) is 0 Å². The normalized spacial score (nSPS) is 21.8. The van der Waals surface area contributed by atoms with Crippen molar-refractivity contribution in [2.45, 2.75) is 24.9 Å².